The molecule has 1 amide bonds. The third-order valence-corrected chi connectivity index (χ3v) is 7.50. The molecule has 3 N–H and O–H groups in total. The van der Waals surface area contributed by atoms with Crippen LogP contribution in [0.2, 0.25) is 0 Å². The molecule has 0 aliphatic heterocycles. The number of aromatic nitrogens is 5. The summed E-state index contributed by atoms with van der Waals surface area (Å²) in [6.45, 7) is 9.06. The molecule has 0 aromatic carbocycles. The van der Waals surface area contributed by atoms with Crippen LogP contribution in [-0.4, -0.2) is 51.9 Å². The molecule has 0 saturated heterocycles. The number of pyridine rings is 3. The summed E-state index contributed by atoms with van der Waals surface area (Å²) in [5.74, 6) is -0.452. The van der Waals surface area contributed by atoms with Crippen molar-refractivity contribution in [1.29, 1.82) is 0 Å². The lowest BCUT2D eigenvalue weighted by Gasteiger charge is -2.14. The van der Waals surface area contributed by atoms with E-state index in [2.05, 4.69) is 25.1 Å². The summed E-state index contributed by atoms with van der Waals surface area (Å²) in [4.78, 5) is 37.7. The van der Waals surface area contributed by atoms with Gasteiger partial charge in [-0.1, -0.05) is 0 Å². The average Bonchev–Trinajstić information content (AvgIpc) is 3.31. The summed E-state index contributed by atoms with van der Waals surface area (Å²) in [5.41, 5.74) is 3.49. The average molecular weight is 554 g/mol. The number of aromatic amines is 1. The van der Waals surface area contributed by atoms with E-state index in [1.54, 1.807) is 29.9 Å². The van der Waals surface area contributed by atoms with E-state index < -0.39 is 15.9 Å². The zero-order chi connectivity index (χ0) is 28.5. The molecule has 4 rings (SSSR count). The Morgan fingerprint density at radius 1 is 1.18 bits per heavy atom. The van der Waals surface area contributed by atoms with Crippen LogP contribution in [-0.2, 0) is 16.6 Å². The Balaban J connectivity index is 1.80. The third-order valence-electron chi connectivity index (χ3n) is 6.21. The minimum absolute atomic E-state index is 0.0325. The van der Waals surface area contributed by atoms with E-state index in [0.717, 1.165) is 11.3 Å². The molecule has 0 unspecified atom stereocenters. The number of amides is 1. The summed E-state index contributed by atoms with van der Waals surface area (Å²) in [7, 11) is -2.22. The van der Waals surface area contributed by atoms with Crippen molar-refractivity contribution in [3.05, 3.63) is 63.3 Å². The van der Waals surface area contributed by atoms with Gasteiger partial charge >= 0.3 is 0 Å². The van der Waals surface area contributed by atoms with E-state index in [-0.39, 0.29) is 35.5 Å². The maximum atomic E-state index is 13.5. The van der Waals surface area contributed by atoms with E-state index in [1.807, 2.05) is 26.8 Å². The van der Waals surface area contributed by atoms with Crippen LogP contribution in [0.4, 0.5) is 5.69 Å². The van der Waals surface area contributed by atoms with Crippen molar-refractivity contribution in [3.8, 4) is 17.1 Å². The molecule has 0 fully saturated rings. The second-order valence-corrected chi connectivity index (χ2v) is 11.4. The largest absolute Gasteiger partial charge is 0.480 e. The number of sulfonamides is 1. The van der Waals surface area contributed by atoms with Crippen molar-refractivity contribution in [3.63, 3.8) is 0 Å². The number of methoxy groups -OCH3 is 1. The van der Waals surface area contributed by atoms with E-state index in [1.165, 1.54) is 20.2 Å². The third kappa shape index (κ3) is 5.77. The number of H-pyrrole nitrogens is 1. The molecule has 4 aromatic heterocycles. The first-order chi connectivity index (χ1) is 18.4. The lowest BCUT2D eigenvalue weighted by Crippen LogP contribution is -2.28. The lowest BCUT2D eigenvalue weighted by molar-refractivity contribution is 0.0952. The molecule has 4 heterocycles. The van der Waals surface area contributed by atoms with Crippen LogP contribution in [0.1, 0.15) is 54.0 Å². The van der Waals surface area contributed by atoms with Crippen molar-refractivity contribution in [2.75, 3.05) is 17.6 Å². The maximum Gasteiger partial charge on any atom is 0.253 e. The van der Waals surface area contributed by atoms with Crippen LogP contribution in [0.3, 0.4) is 0 Å². The Labute approximate surface area is 225 Å². The number of carbonyl (C=O) groups is 1. The highest BCUT2D eigenvalue weighted by molar-refractivity contribution is 7.92. The molecule has 4 aromatic rings. The standard InChI is InChI=1S/C26H31N7O5S/c1-7-39(36,37)32-22-9-17(11-28-26(22)38-6)21-10-18(20-13-29-33(14(2)3)23(20)31-21)24(34)27-12-19-15(4)8-16(5)30-25(19)35/h8-11,13-14,32H,7,12H2,1-6H3,(H,27,34)(H,30,35). The van der Waals surface area contributed by atoms with Gasteiger partial charge < -0.3 is 15.0 Å². The number of carbonyl (C=O) groups excluding carboxylic acids is 1. The first-order valence-electron chi connectivity index (χ1n) is 12.3. The van der Waals surface area contributed by atoms with Gasteiger partial charge in [0.2, 0.25) is 15.9 Å². The van der Waals surface area contributed by atoms with Crippen molar-refractivity contribution >= 4 is 32.7 Å². The molecule has 0 saturated carbocycles. The maximum absolute atomic E-state index is 13.5. The molecule has 13 heteroatoms. The zero-order valence-electron chi connectivity index (χ0n) is 22.6. The Kier molecular flexibility index (Phi) is 7.72. The van der Waals surface area contributed by atoms with Gasteiger partial charge in [-0.15, -0.1) is 0 Å². The zero-order valence-corrected chi connectivity index (χ0v) is 23.4. The second-order valence-electron chi connectivity index (χ2n) is 9.39. The number of aryl methyl sites for hydroxylation is 2. The SMILES string of the molecule is CCS(=O)(=O)Nc1cc(-c2cc(C(=O)NCc3c(C)cc(C)[nH]c3=O)c3cnn(C(C)C)c3n2)cnc1OC. The van der Waals surface area contributed by atoms with Crippen molar-refractivity contribution in [2.24, 2.45) is 0 Å². The molecular weight excluding hydrogens is 522 g/mol. The summed E-state index contributed by atoms with van der Waals surface area (Å²) < 4.78 is 33.9. The normalized spacial score (nSPS) is 11.7. The van der Waals surface area contributed by atoms with Gasteiger partial charge in [0.1, 0.15) is 5.69 Å². The van der Waals surface area contributed by atoms with E-state index in [9.17, 15) is 18.0 Å². The number of hydrogen-bond donors (Lipinski definition) is 3. The number of hydrogen-bond acceptors (Lipinski definition) is 8. The van der Waals surface area contributed by atoms with Gasteiger partial charge in [-0.2, -0.15) is 5.10 Å². The number of nitrogens with one attached hydrogen (secondary N) is 3. The lowest BCUT2D eigenvalue weighted by atomic mass is 10.1. The summed E-state index contributed by atoms with van der Waals surface area (Å²) in [5, 5.41) is 7.80. The molecule has 0 aliphatic rings. The highest BCUT2D eigenvalue weighted by Crippen LogP contribution is 2.31. The second kappa shape index (κ2) is 10.8. The highest BCUT2D eigenvalue weighted by atomic mass is 32.2. The number of nitrogens with zero attached hydrogens (tertiary/aromatic N) is 4. The topological polar surface area (TPSA) is 161 Å². The number of anilines is 1. The summed E-state index contributed by atoms with van der Waals surface area (Å²) in [6, 6.07) is 4.95. The Hall–Kier alpha value is -4.26. The monoisotopic (exact) mass is 553 g/mol. The summed E-state index contributed by atoms with van der Waals surface area (Å²) in [6.07, 6.45) is 3.07. The minimum Gasteiger partial charge on any atom is -0.480 e. The van der Waals surface area contributed by atoms with Gasteiger partial charge in [-0.25, -0.2) is 23.1 Å². The number of fused-ring (bicyclic) bond motifs is 1. The van der Waals surface area contributed by atoms with Crippen molar-refractivity contribution < 1.29 is 17.9 Å². The minimum atomic E-state index is -3.61. The van der Waals surface area contributed by atoms with Crippen LogP contribution in [0.15, 0.2) is 35.4 Å². The molecule has 0 atom stereocenters. The van der Waals surface area contributed by atoms with Crippen LogP contribution in [0.25, 0.3) is 22.3 Å². The Bertz CT molecular complexity index is 1720. The van der Waals surface area contributed by atoms with Crippen molar-refractivity contribution in [2.45, 2.75) is 47.2 Å². The van der Waals surface area contributed by atoms with Gasteiger partial charge in [-0.05, 0) is 58.4 Å². The predicted molar refractivity (Wildman–Crippen MR) is 148 cm³/mol. The van der Waals surface area contributed by atoms with E-state index in [4.69, 9.17) is 9.72 Å². The highest BCUT2D eigenvalue weighted by Gasteiger charge is 2.21. The molecule has 39 heavy (non-hydrogen) atoms. The number of ether oxygens (including phenoxy) is 1. The van der Waals surface area contributed by atoms with Gasteiger partial charge in [0.05, 0.1) is 35.7 Å². The molecular formula is C26H31N7O5S. The van der Waals surface area contributed by atoms with E-state index >= 15 is 0 Å². The van der Waals surface area contributed by atoms with Crippen LogP contribution in [0, 0.1) is 13.8 Å². The first kappa shape index (κ1) is 27.8. The van der Waals surface area contributed by atoms with Crippen LogP contribution in [0.5, 0.6) is 5.88 Å². The summed E-state index contributed by atoms with van der Waals surface area (Å²) >= 11 is 0. The molecule has 206 valence electrons. The fraction of sp³-hybridized carbons (Fsp3) is 0.346. The van der Waals surface area contributed by atoms with Gasteiger partial charge in [0, 0.05) is 35.6 Å². The smallest absolute Gasteiger partial charge is 0.253 e. The molecule has 0 aliphatic carbocycles. The van der Waals surface area contributed by atoms with Gasteiger partial charge in [0.15, 0.2) is 5.65 Å². The molecule has 0 bridgehead atoms. The fourth-order valence-corrected chi connectivity index (χ4v) is 4.79. The quantitative estimate of drug-likeness (QED) is 0.285. The molecule has 0 spiro atoms. The van der Waals surface area contributed by atoms with Crippen LogP contribution >= 0.6 is 0 Å². The Morgan fingerprint density at radius 2 is 1.92 bits per heavy atom. The molecule has 0 radical (unpaired) electrons. The van der Waals surface area contributed by atoms with Crippen molar-refractivity contribution in [1.82, 2.24) is 30.0 Å². The fourth-order valence-electron chi connectivity index (χ4n) is 4.16. The first-order valence-corrected chi connectivity index (χ1v) is 14.0. The van der Waals surface area contributed by atoms with E-state index in [0.29, 0.717) is 33.4 Å². The van der Waals surface area contributed by atoms with Crippen LogP contribution < -0.4 is 20.3 Å². The Morgan fingerprint density at radius 3 is 2.56 bits per heavy atom. The van der Waals surface area contributed by atoms with Gasteiger partial charge in [-0.3, -0.25) is 14.3 Å². The molecule has 12 nitrogen and oxygen atoms in total. The number of rotatable bonds is 9. The van der Waals surface area contributed by atoms with Gasteiger partial charge in [0.25, 0.3) is 11.5 Å². The predicted octanol–water partition coefficient (Wildman–Crippen LogP) is 3.08.